The molecule has 0 aliphatic heterocycles. The standard InChI is InChI=1S/C14H25NO4/c1-7-14(15-11(17)19-12(3,4)5)10(16)8-9(2)13(14,6)18/h8,10,16,18H,7H2,1-6H3,(H,15,17)/t10-,13+,14+/m1/s1. The first-order valence-corrected chi connectivity index (χ1v) is 6.57. The van der Waals surface area contributed by atoms with Crippen molar-refractivity contribution in [1.82, 2.24) is 5.32 Å². The van der Waals surface area contributed by atoms with Crippen molar-refractivity contribution >= 4 is 6.09 Å². The van der Waals surface area contributed by atoms with E-state index in [0.717, 1.165) is 0 Å². The predicted octanol–water partition coefficient (Wildman–Crippen LogP) is 1.73. The second-order valence-electron chi connectivity index (χ2n) is 6.32. The van der Waals surface area contributed by atoms with Crippen molar-refractivity contribution in [2.45, 2.75) is 70.8 Å². The van der Waals surface area contributed by atoms with Crippen molar-refractivity contribution < 1.29 is 19.7 Å². The number of nitrogens with one attached hydrogen (secondary N) is 1. The Hall–Kier alpha value is -1.07. The molecule has 0 aromatic heterocycles. The van der Waals surface area contributed by atoms with Gasteiger partial charge in [-0.15, -0.1) is 0 Å². The summed E-state index contributed by atoms with van der Waals surface area (Å²) in [5.41, 5.74) is -2.45. The van der Waals surface area contributed by atoms with E-state index in [-0.39, 0.29) is 0 Å². The Morgan fingerprint density at radius 3 is 2.37 bits per heavy atom. The molecule has 1 amide bonds. The molecule has 1 rings (SSSR count). The average molecular weight is 271 g/mol. The summed E-state index contributed by atoms with van der Waals surface area (Å²) in [6.07, 6.45) is 0.367. The molecule has 1 aliphatic carbocycles. The lowest BCUT2D eigenvalue weighted by atomic mass is 9.77. The van der Waals surface area contributed by atoms with E-state index in [0.29, 0.717) is 12.0 Å². The van der Waals surface area contributed by atoms with Crippen LogP contribution in [-0.4, -0.2) is 39.2 Å². The lowest BCUT2D eigenvalue weighted by Gasteiger charge is -2.43. The molecule has 0 saturated carbocycles. The van der Waals surface area contributed by atoms with E-state index in [1.165, 1.54) is 0 Å². The number of hydrogen-bond acceptors (Lipinski definition) is 4. The van der Waals surface area contributed by atoms with Gasteiger partial charge in [-0.3, -0.25) is 0 Å². The molecule has 110 valence electrons. The summed E-state index contributed by atoms with van der Waals surface area (Å²) in [4.78, 5) is 11.9. The normalized spacial score (nSPS) is 34.9. The van der Waals surface area contributed by atoms with Gasteiger partial charge in [0.15, 0.2) is 0 Å². The Kier molecular flexibility index (Phi) is 4.04. The third-order valence-electron chi connectivity index (χ3n) is 3.83. The van der Waals surface area contributed by atoms with Crippen LogP contribution in [0.4, 0.5) is 4.79 Å². The van der Waals surface area contributed by atoms with Crippen molar-refractivity contribution in [2.24, 2.45) is 0 Å². The van der Waals surface area contributed by atoms with E-state index in [1.54, 1.807) is 40.7 Å². The third kappa shape index (κ3) is 2.77. The molecule has 0 bridgehead atoms. The number of amides is 1. The number of rotatable bonds is 2. The maximum absolute atomic E-state index is 11.9. The van der Waals surface area contributed by atoms with Crippen molar-refractivity contribution in [3.05, 3.63) is 11.6 Å². The van der Waals surface area contributed by atoms with Crippen LogP contribution < -0.4 is 5.32 Å². The molecule has 0 radical (unpaired) electrons. The maximum Gasteiger partial charge on any atom is 0.408 e. The average Bonchev–Trinajstić information content (AvgIpc) is 2.36. The topological polar surface area (TPSA) is 78.8 Å². The molecule has 3 atom stereocenters. The van der Waals surface area contributed by atoms with Crippen LogP contribution in [0.15, 0.2) is 11.6 Å². The Balaban J connectivity index is 2.98. The van der Waals surface area contributed by atoms with Gasteiger partial charge in [0.2, 0.25) is 0 Å². The first-order chi connectivity index (χ1) is 8.46. The largest absolute Gasteiger partial charge is 0.444 e. The number of alkyl carbamates (subject to hydrolysis) is 1. The van der Waals surface area contributed by atoms with Gasteiger partial charge in [0.05, 0.1) is 6.10 Å². The zero-order valence-corrected chi connectivity index (χ0v) is 12.6. The quantitative estimate of drug-likeness (QED) is 0.668. The minimum atomic E-state index is -1.31. The minimum absolute atomic E-state index is 0.383. The second-order valence-corrected chi connectivity index (χ2v) is 6.32. The maximum atomic E-state index is 11.9. The summed E-state index contributed by atoms with van der Waals surface area (Å²) in [5.74, 6) is 0. The van der Waals surface area contributed by atoms with E-state index >= 15 is 0 Å². The third-order valence-corrected chi connectivity index (χ3v) is 3.83. The first kappa shape index (κ1) is 16.0. The van der Waals surface area contributed by atoms with Crippen LogP contribution in [0.3, 0.4) is 0 Å². The van der Waals surface area contributed by atoms with E-state index in [9.17, 15) is 15.0 Å². The predicted molar refractivity (Wildman–Crippen MR) is 72.8 cm³/mol. The monoisotopic (exact) mass is 271 g/mol. The van der Waals surface area contributed by atoms with Gasteiger partial charge in [0, 0.05) is 0 Å². The van der Waals surface area contributed by atoms with Crippen LogP contribution >= 0.6 is 0 Å². The lowest BCUT2D eigenvalue weighted by molar-refractivity contribution is -0.0493. The van der Waals surface area contributed by atoms with Crippen LogP contribution in [-0.2, 0) is 4.74 Å². The Morgan fingerprint density at radius 1 is 1.53 bits per heavy atom. The van der Waals surface area contributed by atoms with E-state index < -0.39 is 28.9 Å². The van der Waals surface area contributed by atoms with E-state index in [4.69, 9.17) is 4.74 Å². The number of ether oxygens (including phenoxy) is 1. The van der Waals surface area contributed by atoms with Crippen molar-refractivity contribution in [1.29, 1.82) is 0 Å². The molecule has 0 fully saturated rings. The molecule has 5 nitrogen and oxygen atoms in total. The molecule has 0 heterocycles. The molecule has 0 aromatic carbocycles. The zero-order valence-electron chi connectivity index (χ0n) is 12.6. The molecule has 1 aliphatic rings. The summed E-state index contributed by atoms with van der Waals surface area (Å²) in [5, 5.41) is 23.4. The van der Waals surface area contributed by atoms with Crippen LogP contribution in [0.2, 0.25) is 0 Å². The lowest BCUT2D eigenvalue weighted by Crippen LogP contribution is -2.66. The van der Waals surface area contributed by atoms with Gasteiger partial charge in [0.25, 0.3) is 0 Å². The highest BCUT2D eigenvalue weighted by Gasteiger charge is 2.57. The van der Waals surface area contributed by atoms with Crippen LogP contribution in [0, 0.1) is 0 Å². The van der Waals surface area contributed by atoms with Crippen LogP contribution in [0.1, 0.15) is 48.0 Å². The Labute approximate surface area is 114 Å². The second kappa shape index (κ2) is 4.80. The fourth-order valence-corrected chi connectivity index (χ4v) is 2.50. The molecule has 0 saturated heterocycles. The molecule has 19 heavy (non-hydrogen) atoms. The molecule has 3 N–H and O–H groups in total. The van der Waals surface area contributed by atoms with Gasteiger partial charge in [-0.1, -0.05) is 13.0 Å². The number of carbonyl (C=O) groups excluding carboxylic acids is 1. The number of aliphatic hydroxyl groups excluding tert-OH is 1. The highest BCUT2D eigenvalue weighted by Crippen LogP contribution is 2.41. The smallest absolute Gasteiger partial charge is 0.408 e. The summed E-state index contributed by atoms with van der Waals surface area (Å²) in [7, 11) is 0. The van der Waals surface area contributed by atoms with Crippen molar-refractivity contribution in [3.63, 3.8) is 0 Å². The Bertz CT molecular complexity index is 395. The summed E-state index contributed by atoms with van der Waals surface area (Å²) >= 11 is 0. The fraction of sp³-hybridized carbons (Fsp3) is 0.786. The Morgan fingerprint density at radius 2 is 2.05 bits per heavy atom. The highest BCUT2D eigenvalue weighted by molar-refractivity contribution is 5.70. The molecule has 0 spiro atoms. The van der Waals surface area contributed by atoms with E-state index in [1.807, 2.05) is 6.92 Å². The van der Waals surface area contributed by atoms with Gasteiger partial charge in [-0.25, -0.2) is 4.79 Å². The molecular weight excluding hydrogens is 246 g/mol. The number of carbonyl (C=O) groups is 1. The van der Waals surface area contributed by atoms with Gasteiger partial charge in [-0.2, -0.15) is 0 Å². The molecule has 5 heteroatoms. The fourth-order valence-electron chi connectivity index (χ4n) is 2.50. The summed E-state index contributed by atoms with van der Waals surface area (Å²) in [6, 6.07) is 0. The first-order valence-electron chi connectivity index (χ1n) is 6.57. The number of aliphatic hydroxyl groups is 2. The molecule has 0 aromatic rings. The molecule has 0 unspecified atom stereocenters. The minimum Gasteiger partial charge on any atom is -0.444 e. The van der Waals surface area contributed by atoms with Gasteiger partial charge in [-0.05, 0) is 46.6 Å². The summed E-state index contributed by atoms with van der Waals surface area (Å²) < 4.78 is 5.21. The van der Waals surface area contributed by atoms with Gasteiger partial charge in [0.1, 0.15) is 16.7 Å². The van der Waals surface area contributed by atoms with Gasteiger partial charge >= 0.3 is 6.09 Å². The van der Waals surface area contributed by atoms with Crippen LogP contribution in [0.25, 0.3) is 0 Å². The van der Waals surface area contributed by atoms with E-state index in [2.05, 4.69) is 5.32 Å². The highest BCUT2D eigenvalue weighted by atomic mass is 16.6. The zero-order chi connectivity index (χ0) is 15.1. The van der Waals surface area contributed by atoms with Crippen molar-refractivity contribution in [2.75, 3.05) is 0 Å². The summed E-state index contributed by atoms with van der Waals surface area (Å²) in [6.45, 7) is 10.4. The van der Waals surface area contributed by atoms with Crippen molar-refractivity contribution in [3.8, 4) is 0 Å². The molecular formula is C14H25NO4. The van der Waals surface area contributed by atoms with Gasteiger partial charge < -0.3 is 20.3 Å². The van der Waals surface area contributed by atoms with Crippen LogP contribution in [0.5, 0.6) is 0 Å². The SMILES string of the molecule is CC[C@]1(NC(=O)OC(C)(C)C)[C@H](O)C=C(C)[C@]1(C)O. The number of hydrogen-bond donors (Lipinski definition) is 3.